The lowest BCUT2D eigenvalue weighted by Crippen LogP contribution is -2.38. The minimum absolute atomic E-state index is 0.156. The van der Waals surface area contributed by atoms with E-state index in [1.165, 1.54) is 11.3 Å². The van der Waals surface area contributed by atoms with Gasteiger partial charge in [0.25, 0.3) is 0 Å². The molecule has 0 atom stereocenters. The molecule has 0 bridgehead atoms. The first-order valence-corrected chi connectivity index (χ1v) is 8.80. The molecule has 24 heavy (non-hydrogen) atoms. The Labute approximate surface area is 144 Å². The number of hydrogen-bond acceptors (Lipinski definition) is 5. The van der Waals surface area contributed by atoms with E-state index in [1.807, 2.05) is 15.7 Å². The Bertz CT molecular complexity index is 718. The zero-order valence-electron chi connectivity index (χ0n) is 13.5. The lowest BCUT2D eigenvalue weighted by molar-refractivity contribution is -0.132. The second-order valence-corrected chi connectivity index (χ2v) is 7.01. The van der Waals surface area contributed by atoms with Crippen LogP contribution in [0, 0.1) is 6.92 Å². The summed E-state index contributed by atoms with van der Waals surface area (Å²) in [6.45, 7) is 3.79. The summed E-state index contributed by atoms with van der Waals surface area (Å²) >= 11 is 1.27. The average Bonchev–Trinajstić information content (AvgIpc) is 3.22. The third kappa shape index (κ3) is 3.64. The maximum Gasteiger partial charge on any atom is 0.347 e. The summed E-state index contributed by atoms with van der Waals surface area (Å²) in [5, 5.41) is 10.0. The second-order valence-electron chi connectivity index (χ2n) is 5.98. The predicted octanol–water partition coefficient (Wildman–Crippen LogP) is 2.14. The molecular formula is C16H20N4O3S. The molecule has 0 radical (unpaired) electrons. The molecule has 8 heteroatoms. The van der Waals surface area contributed by atoms with Gasteiger partial charge in [0.2, 0.25) is 5.91 Å². The normalized spacial score (nSPS) is 15.6. The Hall–Kier alpha value is -2.22. The number of aryl methyl sites for hydroxylation is 2. The SMILES string of the molecule is Cc1nc(C2CCN(C(=O)CCn3ccnc3)CC2)sc1C(=O)O. The van der Waals surface area contributed by atoms with Crippen molar-refractivity contribution in [3.63, 3.8) is 0 Å². The number of piperidine rings is 1. The van der Waals surface area contributed by atoms with Crippen molar-refractivity contribution in [3.05, 3.63) is 34.3 Å². The van der Waals surface area contributed by atoms with E-state index < -0.39 is 5.97 Å². The molecule has 1 N–H and O–H groups in total. The molecule has 7 nitrogen and oxygen atoms in total. The molecule has 2 aromatic rings. The number of carbonyl (C=O) groups is 2. The van der Waals surface area contributed by atoms with Gasteiger partial charge >= 0.3 is 5.97 Å². The van der Waals surface area contributed by atoms with Crippen LogP contribution in [0.5, 0.6) is 0 Å². The lowest BCUT2D eigenvalue weighted by Gasteiger charge is -2.31. The average molecular weight is 348 g/mol. The van der Waals surface area contributed by atoms with Crippen LogP contribution in [0.25, 0.3) is 0 Å². The lowest BCUT2D eigenvalue weighted by atomic mass is 9.97. The molecule has 0 spiro atoms. The van der Waals surface area contributed by atoms with E-state index in [0.29, 0.717) is 36.6 Å². The van der Waals surface area contributed by atoms with Gasteiger partial charge in [0.1, 0.15) is 4.88 Å². The van der Waals surface area contributed by atoms with Crippen LogP contribution in [0.1, 0.15) is 45.6 Å². The van der Waals surface area contributed by atoms with Gasteiger partial charge in [-0.25, -0.2) is 14.8 Å². The molecule has 1 fully saturated rings. The van der Waals surface area contributed by atoms with Gasteiger partial charge in [0, 0.05) is 44.4 Å². The molecular weight excluding hydrogens is 328 g/mol. The first kappa shape index (κ1) is 16.6. The molecule has 0 aromatic carbocycles. The van der Waals surface area contributed by atoms with Crippen LogP contribution in [0.2, 0.25) is 0 Å². The Kier molecular flexibility index (Phi) is 4.94. The number of aromatic carboxylic acids is 1. The zero-order chi connectivity index (χ0) is 17.1. The molecule has 1 aliphatic rings. The van der Waals surface area contributed by atoms with Gasteiger partial charge in [-0.2, -0.15) is 0 Å². The quantitative estimate of drug-likeness (QED) is 0.894. The van der Waals surface area contributed by atoms with Gasteiger partial charge in [0.05, 0.1) is 17.0 Å². The zero-order valence-corrected chi connectivity index (χ0v) is 14.3. The summed E-state index contributed by atoms with van der Waals surface area (Å²) in [5.41, 5.74) is 0.585. The van der Waals surface area contributed by atoms with E-state index in [9.17, 15) is 9.59 Å². The maximum atomic E-state index is 12.3. The van der Waals surface area contributed by atoms with Crippen molar-refractivity contribution < 1.29 is 14.7 Å². The van der Waals surface area contributed by atoms with Crippen LogP contribution in [0.4, 0.5) is 0 Å². The van der Waals surface area contributed by atoms with Gasteiger partial charge in [-0.1, -0.05) is 0 Å². The standard InChI is InChI=1S/C16H20N4O3S/c1-11-14(16(22)23)24-15(18-11)12-2-7-20(8-3-12)13(21)4-6-19-9-5-17-10-19/h5,9-10,12H,2-4,6-8H2,1H3,(H,22,23). The van der Waals surface area contributed by atoms with E-state index in [4.69, 9.17) is 5.11 Å². The molecule has 1 aliphatic heterocycles. The fraction of sp³-hybridized carbons (Fsp3) is 0.500. The van der Waals surface area contributed by atoms with Crippen molar-refractivity contribution in [1.82, 2.24) is 19.4 Å². The van der Waals surface area contributed by atoms with Crippen LogP contribution in [-0.2, 0) is 11.3 Å². The number of nitrogens with zero attached hydrogens (tertiary/aromatic N) is 4. The van der Waals surface area contributed by atoms with E-state index in [1.54, 1.807) is 19.4 Å². The van der Waals surface area contributed by atoms with Crippen molar-refractivity contribution >= 4 is 23.2 Å². The number of carbonyl (C=O) groups excluding carboxylic acids is 1. The minimum atomic E-state index is -0.914. The highest BCUT2D eigenvalue weighted by molar-refractivity contribution is 7.13. The molecule has 0 saturated carbocycles. The van der Waals surface area contributed by atoms with Crippen molar-refractivity contribution in [1.29, 1.82) is 0 Å². The third-order valence-electron chi connectivity index (χ3n) is 4.35. The van der Waals surface area contributed by atoms with Crippen LogP contribution in [0.15, 0.2) is 18.7 Å². The van der Waals surface area contributed by atoms with Crippen LogP contribution in [-0.4, -0.2) is 49.5 Å². The number of amides is 1. The first-order valence-electron chi connectivity index (χ1n) is 7.98. The van der Waals surface area contributed by atoms with E-state index in [-0.39, 0.29) is 11.8 Å². The van der Waals surface area contributed by atoms with Gasteiger partial charge in [-0.15, -0.1) is 11.3 Å². The fourth-order valence-electron chi connectivity index (χ4n) is 2.97. The van der Waals surface area contributed by atoms with Gasteiger partial charge in [-0.3, -0.25) is 4.79 Å². The molecule has 1 amide bonds. The number of thiazole rings is 1. The maximum absolute atomic E-state index is 12.3. The summed E-state index contributed by atoms with van der Waals surface area (Å²) in [6, 6.07) is 0. The van der Waals surface area contributed by atoms with Crippen LogP contribution < -0.4 is 0 Å². The third-order valence-corrected chi connectivity index (χ3v) is 5.66. The van der Waals surface area contributed by atoms with Crippen molar-refractivity contribution in [2.45, 2.75) is 38.6 Å². The number of carboxylic acid groups (broad SMARTS) is 1. The Morgan fingerprint density at radius 1 is 1.38 bits per heavy atom. The number of carboxylic acids is 1. The summed E-state index contributed by atoms with van der Waals surface area (Å²) in [7, 11) is 0. The summed E-state index contributed by atoms with van der Waals surface area (Å²) in [6.07, 6.45) is 7.41. The molecule has 3 heterocycles. The molecule has 2 aromatic heterocycles. The first-order chi connectivity index (χ1) is 11.5. The molecule has 128 valence electrons. The van der Waals surface area contributed by atoms with E-state index in [2.05, 4.69) is 9.97 Å². The Balaban J connectivity index is 1.52. The number of imidazole rings is 1. The Morgan fingerprint density at radius 3 is 2.71 bits per heavy atom. The van der Waals surface area contributed by atoms with Crippen LogP contribution in [0.3, 0.4) is 0 Å². The van der Waals surface area contributed by atoms with Gasteiger partial charge in [0.15, 0.2) is 0 Å². The smallest absolute Gasteiger partial charge is 0.347 e. The van der Waals surface area contributed by atoms with Crippen molar-refractivity contribution in [2.75, 3.05) is 13.1 Å². The topological polar surface area (TPSA) is 88.3 Å². The Morgan fingerprint density at radius 2 is 2.12 bits per heavy atom. The largest absolute Gasteiger partial charge is 0.477 e. The number of hydrogen-bond donors (Lipinski definition) is 1. The molecule has 0 aliphatic carbocycles. The highest BCUT2D eigenvalue weighted by atomic mass is 32.1. The van der Waals surface area contributed by atoms with Gasteiger partial charge < -0.3 is 14.6 Å². The molecule has 1 saturated heterocycles. The molecule has 3 rings (SSSR count). The minimum Gasteiger partial charge on any atom is -0.477 e. The fourth-order valence-corrected chi connectivity index (χ4v) is 4.04. The summed E-state index contributed by atoms with van der Waals surface area (Å²) in [4.78, 5) is 34.0. The van der Waals surface area contributed by atoms with E-state index in [0.717, 1.165) is 17.8 Å². The monoisotopic (exact) mass is 348 g/mol. The number of rotatable bonds is 5. The number of aromatic nitrogens is 3. The highest BCUT2D eigenvalue weighted by Gasteiger charge is 2.27. The summed E-state index contributed by atoms with van der Waals surface area (Å²) in [5.74, 6) is -0.508. The van der Waals surface area contributed by atoms with Crippen molar-refractivity contribution in [3.8, 4) is 0 Å². The molecule has 0 unspecified atom stereocenters. The van der Waals surface area contributed by atoms with Gasteiger partial charge in [-0.05, 0) is 19.8 Å². The highest BCUT2D eigenvalue weighted by Crippen LogP contribution is 2.32. The van der Waals surface area contributed by atoms with E-state index >= 15 is 0 Å². The summed E-state index contributed by atoms with van der Waals surface area (Å²) < 4.78 is 1.90. The predicted molar refractivity (Wildman–Crippen MR) is 89.2 cm³/mol. The number of likely N-dealkylation sites (tertiary alicyclic amines) is 1. The van der Waals surface area contributed by atoms with Crippen LogP contribution >= 0.6 is 11.3 Å². The van der Waals surface area contributed by atoms with Crippen molar-refractivity contribution in [2.24, 2.45) is 0 Å². The second kappa shape index (κ2) is 7.12.